The number of morpholine rings is 1. The van der Waals surface area contributed by atoms with Crippen LogP contribution in [0.2, 0.25) is 0 Å². The fraction of sp³-hybridized carbons (Fsp3) is 0.600. The zero-order valence-corrected chi connectivity index (χ0v) is 12.0. The van der Waals surface area contributed by atoms with Crippen LogP contribution in [0.3, 0.4) is 0 Å². The SMILES string of the molecule is CC1(C)CN(CC2CSc3ccccc32)CCO1. The number of fused-ring (bicyclic) bond motifs is 1. The molecule has 1 unspecified atom stereocenters. The largest absolute Gasteiger partial charge is 0.373 e. The molecular formula is C15H21NOS. The third kappa shape index (κ3) is 2.58. The molecule has 0 aliphatic carbocycles. The minimum atomic E-state index is 0.0174. The summed E-state index contributed by atoms with van der Waals surface area (Å²) in [6.07, 6.45) is 0. The van der Waals surface area contributed by atoms with E-state index in [2.05, 4.69) is 43.0 Å². The lowest BCUT2D eigenvalue weighted by Crippen LogP contribution is -2.49. The standard InChI is InChI=1S/C15H21NOS/c1-15(2)11-16(7-8-17-15)9-12-10-18-14-6-4-3-5-13(12)14/h3-6,12H,7-11H2,1-2H3. The summed E-state index contributed by atoms with van der Waals surface area (Å²) in [6, 6.07) is 8.86. The predicted molar refractivity (Wildman–Crippen MR) is 76.4 cm³/mol. The van der Waals surface area contributed by atoms with Gasteiger partial charge in [0.15, 0.2) is 0 Å². The topological polar surface area (TPSA) is 12.5 Å². The van der Waals surface area contributed by atoms with Crippen molar-refractivity contribution in [3.05, 3.63) is 29.8 Å². The van der Waals surface area contributed by atoms with Crippen molar-refractivity contribution >= 4 is 11.8 Å². The molecule has 2 aliphatic rings. The lowest BCUT2D eigenvalue weighted by Gasteiger charge is -2.39. The van der Waals surface area contributed by atoms with Crippen LogP contribution in [0.25, 0.3) is 0 Å². The monoisotopic (exact) mass is 263 g/mol. The van der Waals surface area contributed by atoms with Crippen molar-refractivity contribution in [3.63, 3.8) is 0 Å². The Morgan fingerprint density at radius 1 is 1.39 bits per heavy atom. The van der Waals surface area contributed by atoms with Crippen molar-refractivity contribution in [2.45, 2.75) is 30.3 Å². The summed E-state index contributed by atoms with van der Waals surface area (Å²) < 4.78 is 5.78. The van der Waals surface area contributed by atoms with Gasteiger partial charge in [0.2, 0.25) is 0 Å². The first-order valence-electron chi connectivity index (χ1n) is 6.72. The van der Waals surface area contributed by atoms with Gasteiger partial charge in [0.25, 0.3) is 0 Å². The Hall–Kier alpha value is -0.510. The van der Waals surface area contributed by atoms with Crippen molar-refractivity contribution in [2.75, 3.05) is 32.0 Å². The highest BCUT2D eigenvalue weighted by atomic mass is 32.2. The second-order valence-electron chi connectivity index (χ2n) is 5.89. The summed E-state index contributed by atoms with van der Waals surface area (Å²) in [4.78, 5) is 4.05. The predicted octanol–water partition coefficient (Wildman–Crippen LogP) is 2.99. The van der Waals surface area contributed by atoms with Gasteiger partial charge in [0.05, 0.1) is 12.2 Å². The molecule has 0 amide bonds. The van der Waals surface area contributed by atoms with E-state index in [0.29, 0.717) is 5.92 Å². The summed E-state index contributed by atoms with van der Waals surface area (Å²) in [5.41, 5.74) is 1.57. The van der Waals surface area contributed by atoms with Crippen LogP contribution in [0.4, 0.5) is 0 Å². The van der Waals surface area contributed by atoms with Crippen LogP contribution in [0.15, 0.2) is 29.2 Å². The molecule has 1 fully saturated rings. The van der Waals surface area contributed by atoms with E-state index in [-0.39, 0.29) is 5.60 Å². The number of hydrogen-bond acceptors (Lipinski definition) is 3. The van der Waals surface area contributed by atoms with Crippen LogP contribution in [-0.2, 0) is 4.74 Å². The molecule has 0 aromatic heterocycles. The Kier molecular flexibility index (Phi) is 3.39. The van der Waals surface area contributed by atoms with Gasteiger partial charge in [0, 0.05) is 36.2 Å². The quantitative estimate of drug-likeness (QED) is 0.814. The number of thioether (sulfide) groups is 1. The molecule has 2 nitrogen and oxygen atoms in total. The molecule has 2 aliphatic heterocycles. The van der Waals surface area contributed by atoms with E-state index in [9.17, 15) is 0 Å². The molecule has 3 rings (SSSR count). The number of hydrogen-bond donors (Lipinski definition) is 0. The van der Waals surface area contributed by atoms with Crippen molar-refractivity contribution < 1.29 is 4.74 Å². The maximum Gasteiger partial charge on any atom is 0.0753 e. The molecule has 0 N–H and O–H groups in total. The van der Waals surface area contributed by atoms with E-state index in [1.807, 2.05) is 11.8 Å². The van der Waals surface area contributed by atoms with E-state index in [0.717, 1.165) is 19.7 Å². The first-order valence-corrected chi connectivity index (χ1v) is 7.71. The van der Waals surface area contributed by atoms with Gasteiger partial charge in [0.1, 0.15) is 0 Å². The van der Waals surface area contributed by atoms with E-state index in [1.54, 1.807) is 5.56 Å². The number of ether oxygens (including phenoxy) is 1. The minimum absolute atomic E-state index is 0.0174. The van der Waals surface area contributed by atoms with Gasteiger partial charge in [-0.2, -0.15) is 0 Å². The molecule has 1 saturated heterocycles. The summed E-state index contributed by atoms with van der Waals surface area (Å²) >= 11 is 2.01. The molecule has 1 aromatic rings. The van der Waals surface area contributed by atoms with Gasteiger partial charge in [-0.1, -0.05) is 18.2 Å². The summed E-state index contributed by atoms with van der Waals surface area (Å²) in [7, 11) is 0. The lowest BCUT2D eigenvalue weighted by molar-refractivity contribution is -0.0866. The first-order chi connectivity index (χ1) is 8.64. The molecule has 0 spiro atoms. The van der Waals surface area contributed by atoms with Crippen LogP contribution < -0.4 is 0 Å². The third-order valence-electron chi connectivity index (χ3n) is 3.78. The van der Waals surface area contributed by atoms with Gasteiger partial charge in [-0.05, 0) is 25.5 Å². The summed E-state index contributed by atoms with van der Waals surface area (Å²) in [5.74, 6) is 1.93. The van der Waals surface area contributed by atoms with Gasteiger partial charge < -0.3 is 4.74 Å². The van der Waals surface area contributed by atoms with Gasteiger partial charge in [-0.15, -0.1) is 11.8 Å². The van der Waals surface area contributed by atoms with E-state index < -0.39 is 0 Å². The summed E-state index contributed by atoms with van der Waals surface area (Å²) in [5, 5.41) is 0. The van der Waals surface area contributed by atoms with Gasteiger partial charge in [-0.25, -0.2) is 0 Å². The van der Waals surface area contributed by atoms with E-state index in [1.165, 1.54) is 17.2 Å². The average Bonchev–Trinajstić information content (AvgIpc) is 2.72. The van der Waals surface area contributed by atoms with Crippen LogP contribution in [-0.4, -0.2) is 42.5 Å². The molecule has 0 saturated carbocycles. The fourth-order valence-corrected chi connectivity index (χ4v) is 4.20. The number of benzene rings is 1. The summed E-state index contributed by atoms with van der Waals surface area (Å²) in [6.45, 7) is 8.56. The highest BCUT2D eigenvalue weighted by molar-refractivity contribution is 7.99. The Bertz CT molecular complexity index is 432. The van der Waals surface area contributed by atoms with Crippen molar-refractivity contribution in [1.82, 2.24) is 4.90 Å². The second kappa shape index (κ2) is 4.87. The maximum atomic E-state index is 5.78. The Morgan fingerprint density at radius 3 is 3.06 bits per heavy atom. The van der Waals surface area contributed by atoms with E-state index in [4.69, 9.17) is 4.74 Å². The molecular weight excluding hydrogens is 242 g/mol. The molecule has 2 heterocycles. The fourth-order valence-electron chi connectivity index (χ4n) is 2.96. The third-order valence-corrected chi connectivity index (χ3v) is 5.03. The molecule has 98 valence electrons. The van der Waals surface area contributed by atoms with Crippen LogP contribution >= 0.6 is 11.8 Å². The van der Waals surface area contributed by atoms with Gasteiger partial charge >= 0.3 is 0 Å². The average molecular weight is 263 g/mol. The maximum absolute atomic E-state index is 5.78. The second-order valence-corrected chi connectivity index (χ2v) is 6.95. The molecule has 0 radical (unpaired) electrons. The Labute approximate surface area is 114 Å². The van der Waals surface area contributed by atoms with Crippen LogP contribution in [0.1, 0.15) is 25.3 Å². The molecule has 3 heteroatoms. The minimum Gasteiger partial charge on any atom is -0.373 e. The highest BCUT2D eigenvalue weighted by Crippen LogP contribution is 2.39. The zero-order valence-electron chi connectivity index (χ0n) is 11.2. The molecule has 18 heavy (non-hydrogen) atoms. The van der Waals surface area contributed by atoms with Crippen molar-refractivity contribution in [2.24, 2.45) is 0 Å². The Balaban J connectivity index is 1.68. The lowest BCUT2D eigenvalue weighted by atomic mass is 9.99. The van der Waals surface area contributed by atoms with Crippen LogP contribution in [0.5, 0.6) is 0 Å². The molecule has 0 bridgehead atoms. The Morgan fingerprint density at radius 2 is 2.22 bits per heavy atom. The molecule has 1 atom stereocenters. The van der Waals surface area contributed by atoms with Crippen molar-refractivity contribution in [3.8, 4) is 0 Å². The van der Waals surface area contributed by atoms with Gasteiger partial charge in [-0.3, -0.25) is 4.90 Å². The normalized spacial score (nSPS) is 27.1. The molecule has 1 aromatic carbocycles. The number of rotatable bonds is 2. The zero-order chi connectivity index (χ0) is 12.6. The highest BCUT2D eigenvalue weighted by Gasteiger charge is 2.30. The van der Waals surface area contributed by atoms with Crippen molar-refractivity contribution in [1.29, 1.82) is 0 Å². The first kappa shape index (κ1) is 12.5. The number of nitrogens with zero attached hydrogens (tertiary/aromatic N) is 1. The van der Waals surface area contributed by atoms with Crippen LogP contribution in [0, 0.1) is 0 Å². The van der Waals surface area contributed by atoms with E-state index >= 15 is 0 Å². The smallest absolute Gasteiger partial charge is 0.0753 e.